The van der Waals surface area contributed by atoms with Crippen molar-refractivity contribution in [3.63, 3.8) is 0 Å². The number of benzene rings is 3. The molecule has 3 rings (SSSR count). The van der Waals surface area contributed by atoms with Crippen LogP contribution in [0.15, 0.2) is 72.8 Å². The topological polar surface area (TPSA) is 34.1 Å². The Hall–Kier alpha value is -2.44. The molecular weight excluding hydrogens is 351 g/mol. The molecule has 0 unspecified atom stereocenters. The average Bonchev–Trinajstić information content (AvgIpc) is 2.69. The molecule has 0 heterocycles. The lowest BCUT2D eigenvalue weighted by Gasteiger charge is -2.20. The van der Waals surface area contributed by atoms with Gasteiger partial charge in [0.05, 0.1) is 0 Å². The molecule has 0 radical (unpaired) electrons. The van der Waals surface area contributed by atoms with E-state index in [0.29, 0.717) is 16.2 Å². The Balaban J connectivity index is 0.00000126. The van der Waals surface area contributed by atoms with Crippen molar-refractivity contribution < 1.29 is 9.36 Å². The van der Waals surface area contributed by atoms with Crippen molar-refractivity contribution in [2.75, 3.05) is 0 Å². The highest BCUT2D eigenvalue weighted by Gasteiger charge is 2.37. The van der Waals surface area contributed by atoms with Crippen LogP contribution in [0.1, 0.15) is 40.9 Å². The maximum Gasteiger partial charge on any atom is 0.230 e. The van der Waals surface area contributed by atoms with Crippen molar-refractivity contribution in [1.82, 2.24) is 0 Å². The minimum absolute atomic E-state index is 0.292. The van der Waals surface area contributed by atoms with E-state index in [1.54, 1.807) is 24.3 Å². The van der Waals surface area contributed by atoms with Gasteiger partial charge in [-0.1, -0.05) is 92.2 Å². The van der Waals surface area contributed by atoms with Crippen molar-refractivity contribution >= 4 is 23.3 Å². The number of carbonyl (C=O) groups is 1. The van der Waals surface area contributed by atoms with Crippen LogP contribution in [0.25, 0.3) is 0 Å². The molecule has 3 aromatic carbocycles. The second-order valence-corrected chi connectivity index (χ2v) is 9.02. The van der Waals surface area contributed by atoms with Gasteiger partial charge in [0.15, 0.2) is 0 Å². The van der Waals surface area contributed by atoms with Gasteiger partial charge in [-0.25, -0.2) is 0 Å². The van der Waals surface area contributed by atoms with E-state index in [4.69, 9.17) is 0 Å². The normalized spacial score (nSPS) is 10.7. The lowest BCUT2D eigenvalue weighted by atomic mass is 10.0. The summed E-state index contributed by atoms with van der Waals surface area (Å²) in [5.74, 6) is 0. The summed E-state index contributed by atoms with van der Waals surface area (Å²) in [5, 5.41) is 1.15. The van der Waals surface area contributed by atoms with Crippen molar-refractivity contribution in [1.29, 1.82) is 0 Å². The Kier molecular flexibility index (Phi) is 6.93. The van der Waals surface area contributed by atoms with E-state index in [-0.39, 0.29) is 5.52 Å². The molecule has 0 aliphatic heterocycles. The lowest BCUT2D eigenvalue weighted by molar-refractivity contribution is 0.107. The third-order valence-electron chi connectivity index (χ3n) is 4.42. The quantitative estimate of drug-likeness (QED) is 0.538. The first-order valence-corrected chi connectivity index (χ1v) is 11.0. The van der Waals surface area contributed by atoms with Crippen LogP contribution in [-0.4, -0.2) is 5.52 Å². The molecule has 0 aliphatic carbocycles. The number of rotatable bonds is 4. The molecule has 3 heteroatoms. The summed E-state index contributed by atoms with van der Waals surface area (Å²) in [6.45, 7) is 9.82. The predicted molar refractivity (Wildman–Crippen MR) is 116 cm³/mol. The third kappa shape index (κ3) is 4.12. The highest BCUT2D eigenvalue weighted by molar-refractivity contribution is 7.93. The first kappa shape index (κ1) is 20.9. The number of hydrogen-bond donors (Lipinski definition) is 0. The van der Waals surface area contributed by atoms with Crippen molar-refractivity contribution in [2.24, 2.45) is 0 Å². The zero-order chi connectivity index (χ0) is 20.0. The number of hydrogen-bond acceptors (Lipinski definition) is 2. The second kappa shape index (κ2) is 8.97. The smallest absolute Gasteiger partial charge is 0.230 e. The first-order valence-electron chi connectivity index (χ1n) is 9.28. The molecule has 0 aliphatic rings. The van der Waals surface area contributed by atoms with Gasteiger partial charge in [0.2, 0.25) is 12.7 Å². The van der Waals surface area contributed by atoms with E-state index >= 15 is 0 Å². The van der Waals surface area contributed by atoms with Gasteiger partial charge in [0.1, 0.15) is 0 Å². The largest absolute Gasteiger partial charge is 0.305 e. The van der Waals surface area contributed by atoms with Gasteiger partial charge in [0, 0.05) is 16.2 Å². The van der Waals surface area contributed by atoms with Crippen molar-refractivity contribution in [2.45, 2.75) is 34.6 Å². The fourth-order valence-corrected chi connectivity index (χ4v) is 5.95. The molecule has 140 valence electrons. The zero-order valence-electron chi connectivity index (χ0n) is 16.7. The van der Waals surface area contributed by atoms with Crippen LogP contribution >= 0.6 is 7.14 Å². The molecule has 0 spiro atoms. The number of aryl methyl sites for hydroxylation is 3. The molecule has 0 atom stereocenters. The first-order chi connectivity index (χ1) is 12.9. The van der Waals surface area contributed by atoms with Gasteiger partial charge in [0.25, 0.3) is 0 Å². The molecule has 27 heavy (non-hydrogen) atoms. The van der Waals surface area contributed by atoms with E-state index in [2.05, 4.69) is 0 Å². The van der Waals surface area contributed by atoms with Crippen LogP contribution in [0.3, 0.4) is 0 Å². The zero-order valence-corrected chi connectivity index (χ0v) is 17.6. The highest BCUT2D eigenvalue weighted by atomic mass is 31.2. The molecule has 3 aromatic rings. The van der Waals surface area contributed by atoms with Crippen LogP contribution in [-0.2, 0) is 4.57 Å². The molecular formula is C24H27O2P. The maximum atomic E-state index is 14.2. The monoisotopic (exact) mass is 378 g/mol. The molecule has 0 fully saturated rings. The lowest BCUT2D eigenvalue weighted by Crippen LogP contribution is -2.23. The van der Waals surface area contributed by atoms with Crippen molar-refractivity contribution in [3.8, 4) is 0 Å². The standard InChI is InChI=1S/C22H21O2P.C2H6/c1-16-14-17(2)21(18(3)15-16)22(23)25(24,19-10-6-4-7-11-19)20-12-8-5-9-13-20;1-2/h4-15H,1-3H3;1-2H3. The van der Waals surface area contributed by atoms with Crippen LogP contribution < -0.4 is 10.6 Å². The summed E-state index contributed by atoms with van der Waals surface area (Å²) in [4.78, 5) is 13.6. The molecule has 0 bridgehead atoms. The Labute approximate surface area is 162 Å². The van der Waals surface area contributed by atoms with Crippen LogP contribution in [0.2, 0.25) is 0 Å². The van der Waals surface area contributed by atoms with Crippen molar-refractivity contribution in [3.05, 3.63) is 95.1 Å². The minimum Gasteiger partial charge on any atom is -0.305 e. The molecule has 0 aromatic heterocycles. The molecule has 0 saturated carbocycles. The maximum absolute atomic E-state index is 14.2. The van der Waals surface area contributed by atoms with Crippen LogP contribution in [0, 0.1) is 20.8 Å². The van der Waals surface area contributed by atoms with Crippen LogP contribution in [0.4, 0.5) is 0 Å². The predicted octanol–water partition coefficient (Wildman–Crippen LogP) is 5.79. The summed E-state index contributed by atoms with van der Waals surface area (Å²) < 4.78 is 14.2. The van der Waals surface area contributed by atoms with Gasteiger partial charge in [-0.3, -0.25) is 4.79 Å². The van der Waals surface area contributed by atoms with E-state index < -0.39 is 7.14 Å². The molecule has 0 saturated heterocycles. The summed E-state index contributed by atoms with van der Waals surface area (Å²) in [5.41, 5.74) is 3.12. The number of carbonyl (C=O) groups excluding carboxylic acids is 1. The minimum atomic E-state index is -3.44. The van der Waals surface area contributed by atoms with Gasteiger partial charge in [-0.2, -0.15) is 0 Å². The fourth-order valence-electron chi connectivity index (χ4n) is 3.33. The summed E-state index contributed by atoms with van der Waals surface area (Å²) in [6, 6.07) is 22.1. The van der Waals surface area contributed by atoms with Crippen LogP contribution in [0.5, 0.6) is 0 Å². The molecule has 0 amide bonds. The fraction of sp³-hybridized carbons (Fsp3) is 0.208. The second-order valence-electron chi connectivity index (χ2n) is 6.36. The van der Waals surface area contributed by atoms with Gasteiger partial charge >= 0.3 is 0 Å². The van der Waals surface area contributed by atoms with Gasteiger partial charge < -0.3 is 4.57 Å². The van der Waals surface area contributed by atoms with E-state index in [1.807, 2.05) is 83.1 Å². The van der Waals surface area contributed by atoms with E-state index in [1.165, 1.54) is 0 Å². The SMILES string of the molecule is CC.Cc1cc(C)c(C(=O)P(=O)(c2ccccc2)c2ccccc2)c(C)c1. The molecule has 0 N–H and O–H groups in total. The Morgan fingerprint density at radius 2 is 1.07 bits per heavy atom. The highest BCUT2D eigenvalue weighted by Crippen LogP contribution is 2.47. The Morgan fingerprint density at radius 3 is 1.44 bits per heavy atom. The van der Waals surface area contributed by atoms with E-state index in [0.717, 1.165) is 16.7 Å². The summed E-state index contributed by atoms with van der Waals surface area (Å²) >= 11 is 0. The van der Waals surface area contributed by atoms with Gasteiger partial charge in [-0.05, 0) is 31.9 Å². The molecule has 2 nitrogen and oxygen atoms in total. The summed E-state index contributed by atoms with van der Waals surface area (Å²) in [6.07, 6.45) is 0. The summed E-state index contributed by atoms with van der Waals surface area (Å²) in [7, 11) is -3.44. The van der Waals surface area contributed by atoms with E-state index in [9.17, 15) is 9.36 Å². The van der Waals surface area contributed by atoms with Gasteiger partial charge in [-0.15, -0.1) is 0 Å². The third-order valence-corrected chi connectivity index (χ3v) is 7.26. The average molecular weight is 378 g/mol. The Bertz CT molecular complexity index is 894. The Morgan fingerprint density at radius 1 is 0.704 bits per heavy atom.